The summed E-state index contributed by atoms with van der Waals surface area (Å²) in [5.74, 6) is 0.110. The van der Waals surface area contributed by atoms with Gasteiger partial charge in [-0.25, -0.2) is 5.48 Å². The number of hydrogen-bond donors (Lipinski definition) is 3. The lowest BCUT2D eigenvalue weighted by atomic mass is 9.89. The minimum absolute atomic E-state index is 0.227. The molecule has 2 aromatic rings. The van der Waals surface area contributed by atoms with Gasteiger partial charge in [-0.3, -0.25) is 4.79 Å². The molecule has 5 heteroatoms. The number of carbonyl (C=O) groups is 1. The van der Waals surface area contributed by atoms with E-state index in [4.69, 9.17) is 9.94 Å². The Morgan fingerprint density at radius 2 is 1.79 bits per heavy atom. The maximum absolute atomic E-state index is 12.9. The zero-order valence-corrected chi connectivity index (χ0v) is 14.2. The summed E-state index contributed by atoms with van der Waals surface area (Å²) in [5.41, 5.74) is 2.62. The number of hydroxylamine groups is 1. The summed E-state index contributed by atoms with van der Waals surface area (Å²) in [7, 11) is 0. The lowest BCUT2D eigenvalue weighted by molar-refractivity contribution is -0.134. The van der Waals surface area contributed by atoms with Gasteiger partial charge in [-0.1, -0.05) is 43.3 Å². The number of aryl methyl sites for hydroxylation is 1. The van der Waals surface area contributed by atoms with E-state index in [0.29, 0.717) is 11.4 Å². The highest BCUT2D eigenvalue weighted by molar-refractivity contribution is 5.97. The third-order valence-electron chi connectivity index (χ3n) is 4.24. The van der Waals surface area contributed by atoms with Crippen LogP contribution in [0.25, 0.3) is 0 Å². The summed E-state index contributed by atoms with van der Waals surface area (Å²) in [4.78, 5) is 12.9. The van der Waals surface area contributed by atoms with Crippen molar-refractivity contribution in [3.63, 3.8) is 0 Å². The average Bonchev–Trinajstić information content (AvgIpc) is 2.58. The second-order valence-electron chi connectivity index (χ2n) is 6.06. The lowest BCUT2D eigenvalue weighted by Crippen LogP contribution is -2.53. The van der Waals surface area contributed by atoms with Crippen LogP contribution in [0.2, 0.25) is 0 Å². The van der Waals surface area contributed by atoms with E-state index in [-0.39, 0.29) is 18.4 Å². The Labute approximate surface area is 142 Å². The molecule has 2 atom stereocenters. The van der Waals surface area contributed by atoms with Crippen molar-refractivity contribution in [1.29, 1.82) is 0 Å². The van der Waals surface area contributed by atoms with E-state index in [1.165, 1.54) is 0 Å². The highest BCUT2D eigenvalue weighted by atomic mass is 16.5. The molecule has 0 saturated heterocycles. The minimum Gasteiger partial charge on any atom is -0.477 e. The molecule has 0 aliphatic heterocycles. The van der Waals surface area contributed by atoms with Gasteiger partial charge in [0, 0.05) is 18.2 Å². The van der Waals surface area contributed by atoms with Gasteiger partial charge >= 0.3 is 0 Å². The number of nitrogens with one attached hydrogen (secondary N) is 2. The van der Waals surface area contributed by atoms with Crippen molar-refractivity contribution in [2.45, 2.75) is 26.4 Å². The topological polar surface area (TPSA) is 70.6 Å². The van der Waals surface area contributed by atoms with Crippen molar-refractivity contribution >= 4 is 11.6 Å². The first-order valence-corrected chi connectivity index (χ1v) is 7.95. The van der Waals surface area contributed by atoms with Crippen LogP contribution in [0.15, 0.2) is 54.6 Å². The van der Waals surface area contributed by atoms with Crippen LogP contribution < -0.4 is 15.5 Å². The van der Waals surface area contributed by atoms with Crippen LogP contribution in [0.4, 0.5) is 5.69 Å². The molecule has 2 aromatic carbocycles. The molecule has 0 heterocycles. The Bertz CT molecular complexity index is 675. The predicted molar refractivity (Wildman–Crippen MR) is 94.2 cm³/mol. The van der Waals surface area contributed by atoms with Crippen LogP contribution in [0, 0.1) is 12.8 Å². The molecule has 2 rings (SSSR count). The first kappa shape index (κ1) is 18.0. The third kappa shape index (κ3) is 4.13. The fourth-order valence-electron chi connectivity index (χ4n) is 2.38. The molecule has 0 fully saturated rings. The van der Waals surface area contributed by atoms with Crippen molar-refractivity contribution in [3.05, 3.63) is 60.2 Å². The molecule has 1 amide bonds. The summed E-state index contributed by atoms with van der Waals surface area (Å²) in [5, 5.41) is 11.9. The standard InChI is InChI=1S/C19H24N2O3/c1-14-9-7-8-12-17(14)24-19(3,15(2)13-20-23)18(22)21-16-10-5-4-6-11-16/h4-12,15,20,23H,13H2,1-3H3,(H,21,22)/t15-,19-/m0/s1. The van der Waals surface area contributed by atoms with E-state index in [9.17, 15) is 4.79 Å². The van der Waals surface area contributed by atoms with Gasteiger partial charge in [0.15, 0.2) is 5.60 Å². The second kappa shape index (κ2) is 7.95. The van der Waals surface area contributed by atoms with Gasteiger partial charge in [-0.15, -0.1) is 0 Å². The molecule has 0 aromatic heterocycles. The van der Waals surface area contributed by atoms with Crippen LogP contribution >= 0.6 is 0 Å². The van der Waals surface area contributed by atoms with E-state index < -0.39 is 5.60 Å². The van der Waals surface area contributed by atoms with E-state index in [2.05, 4.69) is 10.8 Å². The summed E-state index contributed by atoms with van der Waals surface area (Å²) in [6.45, 7) is 5.75. The number of anilines is 1. The van der Waals surface area contributed by atoms with Crippen molar-refractivity contribution in [3.8, 4) is 5.75 Å². The molecule has 0 bridgehead atoms. The van der Waals surface area contributed by atoms with Crippen molar-refractivity contribution in [1.82, 2.24) is 5.48 Å². The smallest absolute Gasteiger partial charge is 0.268 e. The van der Waals surface area contributed by atoms with E-state index in [1.54, 1.807) is 6.92 Å². The Hall–Kier alpha value is -2.37. The second-order valence-corrected chi connectivity index (χ2v) is 6.06. The number of hydrogen-bond acceptors (Lipinski definition) is 4. The largest absolute Gasteiger partial charge is 0.477 e. The molecular weight excluding hydrogens is 304 g/mol. The van der Waals surface area contributed by atoms with Crippen LogP contribution in [0.3, 0.4) is 0 Å². The first-order chi connectivity index (χ1) is 11.5. The number of carbonyl (C=O) groups excluding carboxylic acids is 1. The normalized spacial score (nSPS) is 14.5. The monoisotopic (exact) mass is 328 g/mol. The summed E-state index contributed by atoms with van der Waals surface area (Å²) in [6, 6.07) is 16.8. The molecule has 0 radical (unpaired) electrons. The van der Waals surface area contributed by atoms with E-state index in [0.717, 1.165) is 5.56 Å². The molecule has 0 aliphatic carbocycles. The fraction of sp³-hybridized carbons (Fsp3) is 0.316. The zero-order chi connectivity index (χ0) is 17.6. The number of rotatable bonds is 7. The van der Waals surface area contributed by atoms with Crippen LogP contribution in [0.5, 0.6) is 5.75 Å². The van der Waals surface area contributed by atoms with Gasteiger partial charge in [-0.2, -0.15) is 0 Å². The van der Waals surface area contributed by atoms with Gasteiger partial charge in [0.1, 0.15) is 5.75 Å². The van der Waals surface area contributed by atoms with Crippen molar-refractivity contribution in [2.24, 2.45) is 5.92 Å². The average molecular weight is 328 g/mol. The summed E-state index contributed by atoms with van der Waals surface area (Å²) >= 11 is 0. The molecule has 0 unspecified atom stereocenters. The highest BCUT2D eigenvalue weighted by Gasteiger charge is 2.41. The molecule has 0 spiro atoms. The van der Waals surface area contributed by atoms with Gasteiger partial charge in [0.05, 0.1) is 0 Å². The van der Waals surface area contributed by atoms with Gasteiger partial charge < -0.3 is 15.3 Å². The van der Waals surface area contributed by atoms with Crippen LogP contribution in [-0.4, -0.2) is 23.3 Å². The molecule has 5 nitrogen and oxygen atoms in total. The summed E-state index contributed by atoms with van der Waals surface area (Å²) in [6.07, 6.45) is 0. The maximum Gasteiger partial charge on any atom is 0.268 e. The Balaban J connectivity index is 2.29. The van der Waals surface area contributed by atoms with Gasteiger partial charge in [-0.05, 0) is 37.6 Å². The Kier molecular flexibility index (Phi) is 5.95. The molecule has 128 valence electrons. The van der Waals surface area contributed by atoms with E-state index in [1.807, 2.05) is 68.4 Å². The minimum atomic E-state index is -1.16. The Morgan fingerprint density at radius 3 is 2.42 bits per heavy atom. The third-order valence-corrected chi connectivity index (χ3v) is 4.24. The SMILES string of the molecule is Cc1ccccc1O[C@](C)(C(=O)Nc1ccccc1)[C@@H](C)CNO. The maximum atomic E-state index is 12.9. The van der Waals surface area contributed by atoms with Crippen molar-refractivity contribution in [2.75, 3.05) is 11.9 Å². The number of benzene rings is 2. The predicted octanol–water partition coefficient (Wildman–Crippen LogP) is 3.39. The molecule has 0 aliphatic rings. The molecule has 24 heavy (non-hydrogen) atoms. The lowest BCUT2D eigenvalue weighted by Gasteiger charge is -2.35. The number of para-hydroxylation sites is 2. The molecule has 3 N–H and O–H groups in total. The van der Waals surface area contributed by atoms with Gasteiger partial charge in [0.25, 0.3) is 5.91 Å². The number of amides is 1. The van der Waals surface area contributed by atoms with Crippen molar-refractivity contribution < 1.29 is 14.7 Å². The van der Waals surface area contributed by atoms with Crippen LogP contribution in [0.1, 0.15) is 19.4 Å². The zero-order valence-electron chi connectivity index (χ0n) is 14.2. The van der Waals surface area contributed by atoms with Crippen LogP contribution in [-0.2, 0) is 4.79 Å². The first-order valence-electron chi connectivity index (χ1n) is 7.95. The summed E-state index contributed by atoms with van der Waals surface area (Å²) < 4.78 is 6.12. The highest BCUT2D eigenvalue weighted by Crippen LogP contribution is 2.29. The van der Waals surface area contributed by atoms with E-state index >= 15 is 0 Å². The number of ether oxygens (including phenoxy) is 1. The Morgan fingerprint density at radius 1 is 1.17 bits per heavy atom. The molecular formula is C19H24N2O3. The molecule has 0 saturated carbocycles. The van der Waals surface area contributed by atoms with Gasteiger partial charge in [0.2, 0.25) is 0 Å². The quantitative estimate of drug-likeness (QED) is 0.681. The fourth-order valence-corrected chi connectivity index (χ4v) is 2.38.